The van der Waals surface area contributed by atoms with Gasteiger partial charge in [0.15, 0.2) is 0 Å². The van der Waals surface area contributed by atoms with Gasteiger partial charge in [0.25, 0.3) is 0 Å². The molecule has 0 nitrogen and oxygen atoms in total. The third-order valence-electron chi connectivity index (χ3n) is 2.94. The minimum Gasteiger partial charge on any atom is -0.0905 e. The summed E-state index contributed by atoms with van der Waals surface area (Å²) in [6, 6.07) is 19.0. The van der Waals surface area contributed by atoms with Crippen LogP contribution in [0.3, 0.4) is 0 Å². The summed E-state index contributed by atoms with van der Waals surface area (Å²) in [4.78, 5) is 0. The zero-order chi connectivity index (χ0) is 11.0. The van der Waals surface area contributed by atoms with E-state index in [0.29, 0.717) is 0 Å². The Labute approximate surface area is 94.8 Å². The molecule has 0 saturated heterocycles. The molecule has 0 unspecified atom stereocenters. The predicted molar refractivity (Wildman–Crippen MR) is 69.4 cm³/mol. The lowest BCUT2D eigenvalue weighted by Gasteiger charge is -2.04. The molecule has 3 aromatic rings. The van der Waals surface area contributed by atoms with Crippen LogP contribution in [-0.2, 0) is 0 Å². The van der Waals surface area contributed by atoms with Crippen molar-refractivity contribution in [3.8, 4) is 0 Å². The maximum absolute atomic E-state index is 3.74. The molecule has 0 aliphatic rings. The summed E-state index contributed by atoms with van der Waals surface area (Å²) >= 11 is 0. The molecule has 0 spiro atoms. The third-order valence-corrected chi connectivity index (χ3v) is 2.94. The summed E-state index contributed by atoms with van der Waals surface area (Å²) in [5, 5.41) is 5.00. The van der Waals surface area contributed by atoms with E-state index in [4.69, 9.17) is 0 Å². The zero-order valence-electron chi connectivity index (χ0n) is 8.90. The van der Waals surface area contributed by atoms with Gasteiger partial charge in [-0.2, -0.15) is 0 Å². The second-order valence-electron chi connectivity index (χ2n) is 3.90. The molecule has 3 aromatic carbocycles. The van der Waals surface area contributed by atoms with Gasteiger partial charge in [0, 0.05) is 0 Å². The van der Waals surface area contributed by atoms with E-state index in [9.17, 15) is 0 Å². The average molecular weight is 203 g/mol. The van der Waals surface area contributed by atoms with Crippen molar-refractivity contribution in [3.05, 3.63) is 72.8 Å². The maximum atomic E-state index is 3.74. The van der Waals surface area contributed by atoms with Crippen LogP contribution >= 0.6 is 0 Å². The van der Waals surface area contributed by atoms with Crippen molar-refractivity contribution in [2.24, 2.45) is 0 Å². The molecular formula is C16H11. The Morgan fingerprint density at radius 1 is 0.750 bits per heavy atom. The van der Waals surface area contributed by atoms with Crippen LogP contribution in [0.1, 0.15) is 5.56 Å². The fraction of sp³-hybridized carbons (Fsp3) is 0. The number of hydrogen-bond acceptors (Lipinski definition) is 0. The Bertz CT molecular complexity index is 678. The normalized spacial score (nSPS) is 10.8. The first kappa shape index (κ1) is 9.17. The highest BCUT2D eigenvalue weighted by Gasteiger charge is 2.00. The molecule has 0 atom stereocenters. The molecule has 0 bridgehead atoms. The van der Waals surface area contributed by atoms with E-state index in [-0.39, 0.29) is 0 Å². The molecule has 16 heavy (non-hydrogen) atoms. The van der Waals surface area contributed by atoms with Crippen molar-refractivity contribution in [1.29, 1.82) is 0 Å². The van der Waals surface area contributed by atoms with Crippen LogP contribution in [-0.4, -0.2) is 0 Å². The summed E-state index contributed by atoms with van der Waals surface area (Å²) in [5.41, 5.74) is 1.07. The van der Waals surface area contributed by atoms with Crippen molar-refractivity contribution in [2.45, 2.75) is 0 Å². The van der Waals surface area contributed by atoms with Crippen LogP contribution in [0.2, 0.25) is 0 Å². The Balaban J connectivity index is 2.51. The Kier molecular flexibility index (Phi) is 2.00. The Morgan fingerprint density at radius 3 is 2.19 bits per heavy atom. The van der Waals surface area contributed by atoms with Gasteiger partial charge in [0.05, 0.1) is 0 Å². The van der Waals surface area contributed by atoms with Gasteiger partial charge in [-0.1, -0.05) is 49.0 Å². The summed E-state index contributed by atoms with van der Waals surface area (Å²) in [5.74, 6) is 0. The van der Waals surface area contributed by atoms with Gasteiger partial charge in [0.1, 0.15) is 0 Å². The number of hydrogen-bond donors (Lipinski definition) is 0. The number of rotatable bonds is 1. The largest absolute Gasteiger partial charge is 0.0905 e. The molecule has 1 radical (unpaired) electrons. The fourth-order valence-corrected chi connectivity index (χ4v) is 2.12. The van der Waals surface area contributed by atoms with E-state index in [1.807, 2.05) is 12.1 Å². The van der Waals surface area contributed by atoms with Crippen molar-refractivity contribution in [2.75, 3.05) is 0 Å². The summed E-state index contributed by atoms with van der Waals surface area (Å²) in [7, 11) is 0. The lowest BCUT2D eigenvalue weighted by atomic mass is 10.00. The molecular weight excluding hydrogens is 192 g/mol. The van der Waals surface area contributed by atoms with Crippen molar-refractivity contribution in [3.63, 3.8) is 0 Å². The predicted octanol–water partition coefficient (Wildman–Crippen LogP) is 4.33. The summed E-state index contributed by atoms with van der Waals surface area (Å²) in [6.45, 7) is 3.74. The lowest BCUT2D eigenvalue weighted by Crippen LogP contribution is -1.80. The molecule has 0 heteroatoms. The third kappa shape index (κ3) is 1.31. The van der Waals surface area contributed by atoms with Gasteiger partial charge in [-0.05, 0) is 45.3 Å². The molecule has 0 fully saturated rings. The first-order chi connectivity index (χ1) is 7.88. The van der Waals surface area contributed by atoms with Crippen LogP contribution in [0, 0.1) is 6.08 Å². The van der Waals surface area contributed by atoms with Crippen molar-refractivity contribution in [1.82, 2.24) is 0 Å². The SMILES string of the molecule is C=[C]c1cccc2cc3ccccc3cc12. The Morgan fingerprint density at radius 2 is 1.44 bits per heavy atom. The van der Waals surface area contributed by atoms with Crippen LogP contribution in [0.15, 0.2) is 61.2 Å². The zero-order valence-corrected chi connectivity index (χ0v) is 8.90. The second kappa shape index (κ2) is 3.49. The number of benzene rings is 3. The van der Waals surface area contributed by atoms with Gasteiger partial charge in [-0.15, -0.1) is 0 Å². The molecule has 0 aliphatic carbocycles. The summed E-state index contributed by atoms with van der Waals surface area (Å²) in [6.07, 6.45) is 2.98. The Hall–Kier alpha value is -2.08. The molecule has 0 saturated carbocycles. The minimum absolute atomic E-state index is 1.07. The first-order valence-corrected chi connectivity index (χ1v) is 5.33. The van der Waals surface area contributed by atoms with Gasteiger partial charge in [-0.3, -0.25) is 0 Å². The topological polar surface area (TPSA) is 0 Å². The lowest BCUT2D eigenvalue weighted by molar-refractivity contribution is 1.66. The highest BCUT2D eigenvalue weighted by atomic mass is 14.0. The first-order valence-electron chi connectivity index (χ1n) is 5.33. The van der Waals surface area contributed by atoms with Gasteiger partial charge in [0.2, 0.25) is 0 Å². The van der Waals surface area contributed by atoms with E-state index < -0.39 is 0 Å². The molecule has 75 valence electrons. The molecule has 0 N–H and O–H groups in total. The van der Waals surface area contributed by atoms with E-state index >= 15 is 0 Å². The smallest absolute Gasteiger partial charge is 0.00990 e. The van der Waals surface area contributed by atoms with Crippen molar-refractivity contribution < 1.29 is 0 Å². The van der Waals surface area contributed by atoms with Gasteiger partial charge < -0.3 is 0 Å². The van der Waals surface area contributed by atoms with Crippen LogP contribution in [0.5, 0.6) is 0 Å². The number of fused-ring (bicyclic) bond motifs is 2. The monoisotopic (exact) mass is 203 g/mol. The van der Waals surface area contributed by atoms with Crippen LogP contribution in [0.4, 0.5) is 0 Å². The molecule has 0 aliphatic heterocycles. The molecule has 0 heterocycles. The molecule has 3 rings (SSSR count). The van der Waals surface area contributed by atoms with E-state index in [2.05, 4.69) is 55.1 Å². The van der Waals surface area contributed by atoms with Gasteiger partial charge in [-0.25, -0.2) is 0 Å². The fourth-order valence-electron chi connectivity index (χ4n) is 2.12. The van der Waals surface area contributed by atoms with Crippen LogP contribution in [0.25, 0.3) is 21.5 Å². The van der Waals surface area contributed by atoms with E-state index in [1.165, 1.54) is 21.5 Å². The van der Waals surface area contributed by atoms with Gasteiger partial charge >= 0.3 is 0 Å². The average Bonchev–Trinajstić information content (AvgIpc) is 2.35. The second-order valence-corrected chi connectivity index (χ2v) is 3.90. The highest BCUT2D eigenvalue weighted by molar-refractivity contribution is 5.99. The quantitative estimate of drug-likeness (QED) is 0.516. The summed E-state index contributed by atoms with van der Waals surface area (Å²) < 4.78 is 0. The highest BCUT2D eigenvalue weighted by Crippen LogP contribution is 2.25. The van der Waals surface area contributed by atoms with E-state index in [1.54, 1.807) is 0 Å². The standard InChI is InChI=1S/C16H11/c1-2-12-8-5-9-15-10-13-6-3-4-7-14(13)11-16(12)15/h3-11H,1H2. The van der Waals surface area contributed by atoms with Crippen LogP contribution < -0.4 is 0 Å². The molecule has 0 aromatic heterocycles. The van der Waals surface area contributed by atoms with Crippen molar-refractivity contribution >= 4 is 21.5 Å². The van der Waals surface area contributed by atoms with E-state index in [0.717, 1.165) is 5.56 Å². The maximum Gasteiger partial charge on any atom is -0.00990 e. The molecule has 0 amide bonds. The minimum atomic E-state index is 1.07.